The van der Waals surface area contributed by atoms with Crippen molar-refractivity contribution in [1.82, 2.24) is 5.43 Å². The summed E-state index contributed by atoms with van der Waals surface area (Å²) in [5, 5.41) is 0. The van der Waals surface area contributed by atoms with Crippen molar-refractivity contribution >= 4 is 27.3 Å². The Morgan fingerprint density at radius 2 is 2.11 bits per heavy atom. The second-order valence-electron chi connectivity index (χ2n) is 4.26. The van der Waals surface area contributed by atoms with Crippen LogP contribution in [0.1, 0.15) is 22.0 Å². The maximum Gasteiger partial charge on any atom is 0.129 e. The zero-order valence-corrected chi connectivity index (χ0v) is 12.6. The summed E-state index contributed by atoms with van der Waals surface area (Å²) >= 11 is 5.00. The molecule has 0 fully saturated rings. The highest BCUT2D eigenvalue weighted by Gasteiger charge is 2.16. The van der Waals surface area contributed by atoms with Gasteiger partial charge in [0.2, 0.25) is 0 Å². The molecule has 0 amide bonds. The predicted molar refractivity (Wildman–Crippen MR) is 76.9 cm³/mol. The lowest BCUT2D eigenvalue weighted by Gasteiger charge is -2.14. The van der Waals surface area contributed by atoms with Crippen molar-refractivity contribution in [2.45, 2.75) is 19.4 Å². The van der Waals surface area contributed by atoms with Crippen LogP contribution in [0.4, 0.5) is 8.78 Å². The largest absolute Gasteiger partial charge is 0.271 e. The van der Waals surface area contributed by atoms with E-state index in [2.05, 4.69) is 21.4 Å². The molecular weight excluding hydrogens is 334 g/mol. The summed E-state index contributed by atoms with van der Waals surface area (Å²) in [7, 11) is 0. The fraction of sp³-hybridized carbons (Fsp3) is 0.231. The molecule has 102 valence electrons. The first kappa shape index (κ1) is 14.6. The van der Waals surface area contributed by atoms with E-state index in [4.69, 9.17) is 5.84 Å². The van der Waals surface area contributed by atoms with Crippen molar-refractivity contribution < 1.29 is 8.78 Å². The number of aryl methyl sites for hydroxylation is 1. The van der Waals surface area contributed by atoms with Gasteiger partial charge in [-0.3, -0.25) is 11.3 Å². The van der Waals surface area contributed by atoms with Crippen molar-refractivity contribution in [2.24, 2.45) is 5.84 Å². The fourth-order valence-corrected chi connectivity index (χ4v) is 3.44. The SMILES string of the molecule is Cc1cc(C(Cc2ccc(F)cc2F)NN)sc1Br. The molecule has 0 spiro atoms. The van der Waals surface area contributed by atoms with E-state index in [0.717, 1.165) is 20.3 Å². The van der Waals surface area contributed by atoms with Gasteiger partial charge in [-0.05, 0) is 52.5 Å². The van der Waals surface area contributed by atoms with Crippen LogP contribution in [-0.4, -0.2) is 0 Å². The third kappa shape index (κ3) is 3.39. The first-order valence-corrected chi connectivity index (χ1v) is 7.28. The molecule has 1 aromatic heterocycles. The minimum Gasteiger partial charge on any atom is -0.271 e. The molecule has 2 nitrogen and oxygen atoms in total. The molecule has 0 aliphatic rings. The van der Waals surface area contributed by atoms with Crippen molar-refractivity contribution in [3.63, 3.8) is 0 Å². The van der Waals surface area contributed by atoms with Crippen LogP contribution in [-0.2, 0) is 6.42 Å². The molecule has 2 rings (SSSR count). The summed E-state index contributed by atoms with van der Waals surface area (Å²) in [6, 6.07) is 5.39. The van der Waals surface area contributed by atoms with E-state index < -0.39 is 11.6 Å². The molecule has 19 heavy (non-hydrogen) atoms. The standard InChI is InChI=1S/C13H13BrF2N2S/c1-7-4-12(19-13(7)14)11(18-17)5-8-2-3-9(15)6-10(8)16/h2-4,6,11,18H,5,17H2,1H3. The molecule has 0 saturated heterocycles. The van der Waals surface area contributed by atoms with Crippen LogP contribution >= 0.6 is 27.3 Å². The van der Waals surface area contributed by atoms with Gasteiger partial charge in [0, 0.05) is 10.9 Å². The highest BCUT2D eigenvalue weighted by molar-refractivity contribution is 9.11. The molecule has 3 N–H and O–H groups in total. The van der Waals surface area contributed by atoms with Gasteiger partial charge in [0.25, 0.3) is 0 Å². The minimum absolute atomic E-state index is 0.199. The predicted octanol–water partition coefficient (Wildman–Crippen LogP) is 3.84. The van der Waals surface area contributed by atoms with Crippen molar-refractivity contribution in [3.05, 3.63) is 55.7 Å². The summed E-state index contributed by atoms with van der Waals surface area (Å²) < 4.78 is 27.5. The Hall–Kier alpha value is -0.820. The summed E-state index contributed by atoms with van der Waals surface area (Å²) in [6.07, 6.45) is 0.370. The van der Waals surface area contributed by atoms with Crippen molar-refractivity contribution in [2.75, 3.05) is 0 Å². The highest BCUT2D eigenvalue weighted by atomic mass is 79.9. The van der Waals surface area contributed by atoms with Crippen LogP contribution in [0.15, 0.2) is 28.1 Å². The van der Waals surface area contributed by atoms with E-state index in [1.54, 1.807) is 11.3 Å². The van der Waals surface area contributed by atoms with E-state index in [9.17, 15) is 8.78 Å². The van der Waals surface area contributed by atoms with E-state index >= 15 is 0 Å². The second-order valence-corrected chi connectivity index (χ2v) is 6.67. The van der Waals surface area contributed by atoms with Gasteiger partial charge in [0.1, 0.15) is 11.6 Å². The number of benzene rings is 1. The molecule has 1 atom stereocenters. The number of rotatable bonds is 4. The van der Waals surface area contributed by atoms with Gasteiger partial charge in [-0.2, -0.15) is 0 Å². The minimum atomic E-state index is -0.576. The van der Waals surface area contributed by atoms with Gasteiger partial charge in [-0.15, -0.1) is 11.3 Å². The van der Waals surface area contributed by atoms with E-state index in [1.807, 2.05) is 13.0 Å². The molecule has 2 aromatic rings. The number of hydrazine groups is 1. The third-order valence-corrected chi connectivity index (χ3v) is 5.11. The van der Waals surface area contributed by atoms with Crippen LogP contribution in [0.5, 0.6) is 0 Å². The Morgan fingerprint density at radius 1 is 1.37 bits per heavy atom. The zero-order chi connectivity index (χ0) is 14.0. The monoisotopic (exact) mass is 346 g/mol. The van der Waals surface area contributed by atoms with Crippen molar-refractivity contribution in [3.8, 4) is 0 Å². The molecule has 1 aromatic carbocycles. The van der Waals surface area contributed by atoms with Crippen LogP contribution in [0, 0.1) is 18.6 Å². The lowest BCUT2D eigenvalue weighted by Crippen LogP contribution is -2.29. The van der Waals surface area contributed by atoms with E-state index in [-0.39, 0.29) is 6.04 Å². The quantitative estimate of drug-likeness (QED) is 0.651. The summed E-state index contributed by atoms with van der Waals surface area (Å²) in [6.45, 7) is 1.98. The van der Waals surface area contributed by atoms with Crippen LogP contribution in [0.2, 0.25) is 0 Å². The Labute approximate surface area is 122 Å². The molecule has 1 unspecified atom stereocenters. The number of halogens is 3. The molecule has 0 aliphatic carbocycles. The normalized spacial score (nSPS) is 12.7. The molecule has 0 radical (unpaired) electrons. The zero-order valence-electron chi connectivity index (χ0n) is 10.2. The van der Waals surface area contributed by atoms with E-state index in [0.29, 0.717) is 12.0 Å². The molecule has 0 saturated carbocycles. The smallest absolute Gasteiger partial charge is 0.129 e. The lowest BCUT2D eigenvalue weighted by atomic mass is 10.0. The van der Waals surface area contributed by atoms with E-state index in [1.165, 1.54) is 12.1 Å². The summed E-state index contributed by atoms with van der Waals surface area (Å²) in [4.78, 5) is 1.01. The molecule has 0 aliphatic heterocycles. The fourth-order valence-electron chi connectivity index (χ4n) is 1.80. The number of nitrogens with two attached hydrogens (primary N) is 1. The summed E-state index contributed by atoms with van der Waals surface area (Å²) in [5.41, 5.74) is 4.23. The van der Waals surface area contributed by atoms with Gasteiger partial charge in [-0.1, -0.05) is 6.07 Å². The van der Waals surface area contributed by atoms with Gasteiger partial charge in [0.05, 0.1) is 9.83 Å². The lowest BCUT2D eigenvalue weighted by molar-refractivity contribution is 0.527. The number of hydrogen-bond acceptors (Lipinski definition) is 3. The Bertz CT molecular complexity index is 567. The van der Waals surface area contributed by atoms with Gasteiger partial charge in [0.15, 0.2) is 0 Å². The Balaban J connectivity index is 2.23. The summed E-state index contributed by atoms with van der Waals surface area (Å²) in [5.74, 6) is 4.41. The Morgan fingerprint density at radius 3 is 2.63 bits per heavy atom. The number of nitrogens with one attached hydrogen (secondary N) is 1. The van der Waals surface area contributed by atoms with Crippen LogP contribution in [0.3, 0.4) is 0 Å². The molecule has 1 heterocycles. The molecule has 6 heteroatoms. The second kappa shape index (κ2) is 6.09. The topological polar surface area (TPSA) is 38.0 Å². The van der Waals surface area contributed by atoms with Gasteiger partial charge < -0.3 is 0 Å². The Kier molecular flexibility index (Phi) is 4.67. The average Bonchev–Trinajstić information content (AvgIpc) is 2.68. The maximum absolute atomic E-state index is 13.6. The molecular formula is C13H13BrF2N2S. The number of thiophene rings is 1. The van der Waals surface area contributed by atoms with Gasteiger partial charge >= 0.3 is 0 Å². The van der Waals surface area contributed by atoms with Crippen molar-refractivity contribution in [1.29, 1.82) is 0 Å². The van der Waals surface area contributed by atoms with Crippen LogP contribution in [0.25, 0.3) is 0 Å². The third-order valence-electron chi connectivity index (χ3n) is 2.86. The van der Waals surface area contributed by atoms with Gasteiger partial charge in [-0.25, -0.2) is 8.78 Å². The highest BCUT2D eigenvalue weighted by Crippen LogP contribution is 2.32. The first-order valence-electron chi connectivity index (χ1n) is 5.67. The first-order chi connectivity index (χ1) is 9.01. The average molecular weight is 347 g/mol. The molecule has 0 bridgehead atoms. The number of hydrogen-bond donors (Lipinski definition) is 2. The van der Waals surface area contributed by atoms with Crippen LogP contribution < -0.4 is 11.3 Å². The maximum atomic E-state index is 13.6.